The molecule has 0 fully saturated rings. The summed E-state index contributed by atoms with van der Waals surface area (Å²) in [6, 6.07) is 6.49. The highest BCUT2D eigenvalue weighted by Crippen LogP contribution is 2.16. The van der Waals surface area contributed by atoms with E-state index < -0.39 is 6.04 Å². The van der Waals surface area contributed by atoms with Crippen LogP contribution in [0.5, 0.6) is 0 Å². The lowest BCUT2D eigenvalue weighted by atomic mass is 10.1. The fourth-order valence-electron chi connectivity index (χ4n) is 0.944. The zero-order valence-corrected chi connectivity index (χ0v) is 7.12. The van der Waals surface area contributed by atoms with Crippen LogP contribution in [0.4, 0.5) is 0 Å². The van der Waals surface area contributed by atoms with E-state index in [9.17, 15) is 0 Å². The predicted octanol–water partition coefficient (Wildman–Crippen LogP) is 1.35. The Morgan fingerprint density at radius 1 is 1.50 bits per heavy atom. The van der Waals surface area contributed by atoms with E-state index in [1.54, 1.807) is 24.3 Å². The molecule has 3 N–H and O–H groups in total. The largest absolute Gasteiger partial charge is 0.394 e. The number of aliphatic hydroxyl groups excluding tert-OH is 1. The molecule has 0 amide bonds. The molecule has 1 rings (SSSR count). The summed E-state index contributed by atoms with van der Waals surface area (Å²) < 4.78 is 0. The maximum Gasteiger partial charge on any atom is 0.0800 e. The van der Waals surface area contributed by atoms with Gasteiger partial charge in [-0.3, -0.25) is 0 Å². The van der Waals surface area contributed by atoms with E-state index in [4.69, 9.17) is 21.9 Å². The molecule has 0 unspecified atom stereocenters. The third-order valence-corrected chi connectivity index (χ3v) is 1.82. The third kappa shape index (κ3) is 2.19. The smallest absolute Gasteiger partial charge is 0.0800 e. The Morgan fingerprint density at radius 3 is 2.75 bits per heavy atom. The van der Waals surface area contributed by atoms with Gasteiger partial charge in [0.1, 0.15) is 0 Å². The molecule has 0 saturated carbocycles. The van der Waals surface area contributed by atoms with Gasteiger partial charge in [-0.15, -0.1) is 0 Å². The zero-order valence-electron chi connectivity index (χ0n) is 6.37. The minimum atomic E-state index is -0.469. The van der Waals surface area contributed by atoms with Crippen molar-refractivity contribution in [2.24, 2.45) is 0 Å². The molecule has 0 saturated heterocycles. The summed E-state index contributed by atoms with van der Waals surface area (Å²) in [7, 11) is 0. The monoisotopic (exact) mass is 187 g/mol. The molecule has 0 radical (unpaired) electrons. The summed E-state index contributed by atoms with van der Waals surface area (Å²) in [5.74, 6) is 0. The van der Waals surface area contributed by atoms with Crippen LogP contribution in [0.15, 0.2) is 24.3 Å². The van der Waals surface area contributed by atoms with Gasteiger partial charge in [0.05, 0.1) is 12.6 Å². The Hall–Kier alpha value is -0.610. The van der Waals surface area contributed by atoms with Crippen molar-refractivity contribution in [3.05, 3.63) is 34.9 Å². The maximum absolute atomic E-state index is 8.80. The molecule has 1 aromatic rings. The molecule has 12 heavy (non-hydrogen) atoms. The van der Waals surface area contributed by atoms with Crippen molar-refractivity contribution in [1.82, 2.24) is 5.48 Å². The topological polar surface area (TPSA) is 52.5 Å². The average Bonchev–Trinajstić information content (AvgIpc) is 2.07. The van der Waals surface area contributed by atoms with Crippen LogP contribution in [0.25, 0.3) is 0 Å². The maximum atomic E-state index is 8.80. The number of hydrogen-bond donors (Lipinski definition) is 3. The molecule has 0 spiro atoms. The van der Waals surface area contributed by atoms with Gasteiger partial charge in [-0.2, -0.15) is 5.48 Å². The van der Waals surface area contributed by atoms with E-state index in [0.29, 0.717) is 5.02 Å². The number of halogens is 1. The molecule has 0 aromatic heterocycles. The molecule has 66 valence electrons. The first-order valence-corrected chi connectivity index (χ1v) is 3.91. The fourth-order valence-corrected chi connectivity index (χ4v) is 1.14. The van der Waals surface area contributed by atoms with Crippen LogP contribution in [0.3, 0.4) is 0 Å². The number of hydroxylamine groups is 1. The molecule has 0 aliphatic carbocycles. The van der Waals surface area contributed by atoms with Crippen molar-refractivity contribution in [1.29, 1.82) is 0 Å². The Balaban J connectivity index is 2.85. The highest BCUT2D eigenvalue weighted by Gasteiger charge is 2.07. The molecule has 0 bridgehead atoms. The second kappa shape index (κ2) is 4.42. The standard InChI is InChI=1S/C8H10ClNO2/c9-7-3-1-2-6(4-7)8(5-11)10-12/h1-4,8,10-12H,5H2/t8-/m1/s1. The third-order valence-electron chi connectivity index (χ3n) is 1.59. The van der Waals surface area contributed by atoms with E-state index in [2.05, 4.69) is 0 Å². The number of rotatable bonds is 3. The summed E-state index contributed by atoms with van der Waals surface area (Å²) in [5, 5.41) is 18.0. The average molecular weight is 188 g/mol. The Labute approximate surface area is 75.6 Å². The molecular formula is C8H10ClNO2. The lowest BCUT2D eigenvalue weighted by Crippen LogP contribution is -2.20. The van der Waals surface area contributed by atoms with Gasteiger partial charge in [-0.1, -0.05) is 23.7 Å². The number of hydrogen-bond acceptors (Lipinski definition) is 3. The lowest BCUT2D eigenvalue weighted by molar-refractivity contribution is 0.0906. The molecule has 1 aromatic carbocycles. The summed E-state index contributed by atoms with van der Waals surface area (Å²) in [6.45, 7) is -0.170. The first-order chi connectivity index (χ1) is 5.77. The molecular weight excluding hydrogens is 178 g/mol. The van der Waals surface area contributed by atoms with Crippen LogP contribution in [0.2, 0.25) is 5.02 Å². The Bertz CT molecular complexity index is 251. The van der Waals surface area contributed by atoms with Crippen LogP contribution in [0, 0.1) is 0 Å². The van der Waals surface area contributed by atoms with Crippen LogP contribution < -0.4 is 5.48 Å². The van der Waals surface area contributed by atoms with Gasteiger partial charge >= 0.3 is 0 Å². The van der Waals surface area contributed by atoms with Gasteiger partial charge < -0.3 is 10.3 Å². The molecule has 4 heteroatoms. The summed E-state index contributed by atoms with van der Waals surface area (Å²) in [6.07, 6.45) is 0. The quantitative estimate of drug-likeness (QED) is 0.627. The van der Waals surface area contributed by atoms with Crippen LogP contribution in [0.1, 0.15) is 11.6 Å². The molecule has 0 aliphatic heterocycles. The lowest BCUT2D eigenvalue weighted by Gasteiger charge is -2.11. The van der Waals surface area contributed by atoms with Gasteiger partial charge in [-0.05, 0) is 17.7 Å². The van der Waals surface area contributed by atoms with Crippen molar-refractivity contribution in [2.75, 3.05) is 6.61 Å². The van der Waals surface area contributed by atoms with E-state index in [0.717, 1.165) is 5.56 Å². The van der Waals surface area contributed by atoms with Crippen LogP contribution in [-0.2, 0) is 0 Å². The van der Waals surface area contributed by atoms with Crippen LogP contribution >= 0.6 is 11.6 Å². The van der Waals surface area contributed by atoms with Gasteiger partial charge in [0.15, 0.2) is 0 Å². The van der Waals surface area contributed by atoms with E-state index in [-0.39, 0.29) is 6.61 Å². The first kappa shape index (κ1) is 9.48. The number of benzene rings is 1. The van der Waals surface area contributed by atoms with Gasteiger partial charge in [-0.25, -0.2) is 0 Å². The summed E-state index contributed by atoms with van der Waals surface area (Å²) in [4.78, 5) is 0. The second-order valence-corrected chi connectivity index (χ2v) is 2.86. The van der Waals surface area contributed by atoms with E-state index >= 15 is 0 Å². The molecule has 3 nitrogen and oxygen atoms in total. The molecule has 0 aliphatic rings. The van der Waals surface area contributed by atoms with E-state index in [1.807, 2.05) is 5.48 Å². The Kier molecular flexibility index (Phi) is 3.49. The van der Waals surface area contributed by atoms with Crippen molar-refractivity contribution in [3.63, 3.8) is 0 Å². The number of nitrogens with one attached hydrogen (secondary N) is 1. The van der Waals surface area contributed by atoms with Gasteiger partial charge in [0.2, 0.25) is 0 Å². The van der Waals surface area contributed by atoms with Gasteiger partial charge in [0.25, 0.3) is 0 Å². The summed E-state index contributed by atoms with van der Waals surface area (Å²) in [5.41, 5.74) is 2.74. The van der Waals surface area contributed by atoms with Crippen molar-refractivity contribution in [3.8, 4) is 0 Å². The fraction of sp³-hybridized carbons (Fsp3) is 0.250. The normalized spacial score (nSPS) is 12.9. The van der Waals surface area contributed by atoms with E-state index in [1.165, 1.54) is 0 Å². The minimum Gasteiger partial charge on any atom is -0.394 e. The minimum absolute atomic E-state index is 0.170. The highest BCUT2D eigenvalue weighted by molar-refractivity contribution is 6.30. The van der Waals surface area contributed by atoms with Crippen LogP contribution in [-0.4, -0.2) is 16.9 Å². The van der Waals surface area contributed by atoms with Crippen molar-refractivity contribution < 1.29 is 10.3 Å². The summed E-state index contributed by atoms with van der Waals surface area (Å²) >= 11 is 5.71. The zero-order chi connectivity index (χ0) is 8.97. The molecule has 1 atom stereocenters. The molecule has 0 heterocycles. The van der Waals surface area contributed by atoms with Crippen molar-refractivity contribution in [2.45, 2.75) is 6.04 Å². The van der Waals surface area contributed by atoms with Crippen molar-refractivity contribution >= 4 is 11.6 Å². The SMILES string of the molecule is OC[C@@H](NO)c1cccc(Cl)c1. The number of aliphatic hydroxyl groups is 1. The highest BCUT2D eigenvalue weighted by atomic mass is 35.5. The first-order valence-electron chi connectivity index (χ1n) is 3.54. The van der Waals surface area contributed by atoms with Gasteiger partial charge in [0, 0.05) is 5.02 Å². The Morgan fingerprint density at radius 2 is 2.25 bits per heavy atom. The second-order valence-electron chi connectivity index (χ2n) is 2.42. The predicted molar refractivity (Wildman–Crippen MR) is 46.2 cm³/mol.